The Morgan fingerprint density at radius 1 is 1.37 bits per heavy atom. The van der Waals surface area contributed by atoms with Gasteiger partial charge in [-0.05, 0) is 37.5 Å². The number of hydrogen-bond acceptors (Lipinski definition) is 2. The maximum atomic E-state index is 12.3. The molecule has 5 heteroatoms. The molecule has 0 aromatic rings. The third-order valence-electron chi connectivity index (χ3n) is 4.43. The van der Waals surface area contributed by atoms with Gasteiger partial charge >= 0.3 is 12.0 Å². The van der Waals surface area contributed by atoms with E-state index in [0.29, 0.717) is 18.5 Å². The van der Waals surface area contributed by atoms with Gasteiger partial charge in [0, 0.05) is 32.6 Å². The van der Waals surface area contributed by atoms with Crippen LogP contribution in [0, 0.1) is 11.8 Å². The highest BCUT2D eigenvalue weighted by molar-refractivity contribution is 5.75. The lowest BCUT2D eigenvalue weighted by Gasteiger charge is -2.37. The van der Waals surface area contributed by atoms with Crippen LogP contribution in [0.15, 0.2) is 0 Å². The van der Waals surface area contributed by atoms with Crippen molar-refractivity contribution >= 4 is 12.0 Å². The van der Waals surface area contributed by atoms with Gasteiger partial charge in [0.15, 0.2) is 0 Å². The summed E-state index contributed by atoms with van der Waals surface area (Å²) in [7, 11) is 1.88. The van der Waals surface area contributed by atoms with Crippen LogP contribution in [-0.4, -0.2) is 53.1 Å². The van der Waals surface area contributed by atoms with Crippen molar-refractivity contribution in [2.75, 3.05) is 20.1 Å². The van der Waals surface area contributed by atoms with Crippen LogP contribution in [0.2, 0.25) is 0 Å². The number of aliphatic carboxylic acids is 1. The Morgan fingerprint density at radius 3 is 2.63 bits per heavy atom. The van der Waals surface area contributed by atoms with E-state index < -0.39 is 5.97 Å². The summed E-state index contributed by atoms with van der Waals surface area (Å²) in [5, 5.41) is 8.87. The second-order valence-corrected chi connectivity index (χ2v) is 6.05. The minimum absolute atomic E-state index is 0.120. The molecule has 1 N–H and O–H groups in total. The van der Waals surface area contributed by atoms with Gasteiger partial charge in [0.1, 0.15) is 0 Å². The Bertz CT molecular complexity index is 355. The molecule has 1 saturated heterocycles. The van der Waals surface area contributed by atoms with Gasteiger partial charge in [0.05, 0.1) is 0 Å². The summed E-state index contributed by atoms with van der Waals surface area (Å²) in [5.41, 5.74) is 0. The van der Waals surface area contributed by atoms with Crippen LogP contribution in [0.5, 0.6) is 0 Å². The van der Waals surface area contributed by atoms with Crippen molar-refractivity contribution in [2.24, 2.45) is 11.8 Å². The van der Waals surface area contributed by atoms with Gasteiger partial charge < -0.3 is 14.9 Å². The fraction of sp³-hybridized carbons (Fsp3) is 0.857. The number of likely N-dealkylation sites (tertiary alicyclic amines) is 1. The molecule has 19 heavy (non-hydrogen) atoms. The quantitative estimate of drug-likeness (QED) is 0.848. The molecule has 0 aromatic heterocycles. The number of carbonyl (C=O) groups excluding carboxylic acids is 1. The molecule has 0 bridgehead atoms. The molecular weight excluding hydrogens is 244 g/mol. The average Bonchev–Trinajstić information content (AvgIpc) is 3.20. The Kier molecular flexibility index (Phi) is 4.32. The number of hydrogen-bond donors (Lipinski definition) is 1. The highest BCUT2D eigenvalue weighted by atomic mass is 16.4. The first-order chi connectivity index (χ1) is 8.99. The molecule has 0 aromatic carbocycles. The van der Waals surface area contributed by atoms with Crippen molar-refractivity contribution in [2.45, 2.75) is 45.1 Å². The maximum absolute atomic E-state index is 12.3. The van der Waals surface area contributed by atoms with E-state index in [1.807, 2.05) is 23.8 Å². The second kappa shape index (κ2) is 5.80. The number of urea groups is 1. The predicted octanol–water partition coefficient (Wildman–Crippen LogP) is 2.02. The van der Waals surface area contributed by atoms with Crippen molar-refractivity contribution < 1.29 is 14.7 Å². The van der Waals surface area contributed by atoms with E-state index in [1.54, 1.807) is 0 Å². The van der Waals surface area contributed by atoms with E-state index in [0.717, 1.165) is 32.2 Å². The lowest BCUT2D eigenvalue weighted by molar-refractivity contribution is -0.138. The van der Waals surface area contributed by atoms with Crippen LogP contribution in [-0.2, 0) is 4.79 Å². The molecule has 108 valence electrons. The van der Waals surface area contributed by atoms with Crippen molar-refractivity contribution in [3.05, 3.63) is 0 Å². The summed E-state index contributed by atoms with van der Waals surface area (Å²) in [6.07, 6.45) is 4.46. The standard InChI is InChI=1S/C14H24N2O3/c1-10(8-13(17)18)11-4-3-7-16(9-11)14(19)15(2)12-5-6-12/h10-12H,3-9H2,1-2H3,(H,17,18). The van der Waals surface area contributed by atoms with Crippen LogP contribution in [0.4, 0.5) is 4.79 Å². The SMILES string of the molecule is CC(CC(=O)O)C1CCCN(C(=O)N(C)C2CC2)C1. The number of carboxylic acid groups (broad SMARTS) is 1. The van der Waals surface area contributed by atoms with E-state index in [9.17, 15) is 9.59 Å². The predicted molar refractivity (Wildman–Crippen MR) is 71.9 cm³/mol. The lowest BCUT2D eigenvalue weighted by atomic mass is 9.85. The topological polar surface area (TPSA) is 60.9 Å². The zero-order chi connectivity index (χ0) is 14.0. The molecule has 1 aliphatic carbocycles. The average molecular weight is 268 g/mol. The number of carboxylic acids is 1. The van der Waals surface area contributed by atoms with Crippen LogP contribution in [0.3, 0.4) is 0 Å². The number of piperidine rings is 1. The first kappa shape index (κ1) is 14.2. The van der Waals surface area contributed by atoms with Crippen LogP contribution >= 0.6 is 0 Å². The minimum atomic E-state index is -0.744. The van der Waals surface area contributed by atoms with Gasteiger partial charge in [0.2, 0.25) is 0 Å². The largest absolute Gasteiger partial charge is 0.481 e. The third-order valence-corrected chi connectivity index (χ3v) is 4.43. The fourth-order valence-corrected chi connectivity index (χ4v) is 2.93. The van der Waals surface area contributed by atoms with Crippen molar-refractivity contribution in [3.63, 3.8) is 0 Å². The molecule has 1 saturated carbocycles. The summed E-state index contributed by atoms with van der Waals surface area (Å²) in [6.45, 7) is 3.51. The van der Waals surface area contributed by atoms with Crippen molar-refractivity contribution in [3.8, 4) is 0 Å². The van der Waals surface area contributed by atoms with Gasteiger partial charge in [0.25, 0.3) is 0 Å². The van der Waals surface area contributed by atoms with Crippen molar-refractivity contribution in [1.29, 1.82) is 0 Å². The van der Waals surface area contributed by atoms with Crippen LogP contribution in [0.1, 0.15) is 39.0 Å². The number of rotatable bonds is 4. The molecule has 2 fully saturated rings. The number of carbonyl (C=O) groups is 2. The molecule has 2 aliphatic rings. The Hall–Kier alpha value is -1.26. The first-order valence-corrected chi connectivity index (χ1v) is 7.22. The number of nitrogens with zero attached hydrogens (tertiary/aromatic N) is 2. The zero-order valence-electron chi connectivity index (χ0n) is 11.8. The second-order valence-electron chi connectivity index (χ2n) is 6.05. The molecule has 1 heterocycles. The van der Waals surface area contributed by atoms with Gasteiger partial charge in [-0.3, -0.25) is 4.79 Å². The van der Waals surface area contributed by atoms with E-state index in [4.69, 9.17) is 5.11 Å². The molecule has 0 radical (unpaired) electrons. The van der Waals surface area contributed by atoms with E-state index >= 15 is 0 Å². The molecule has 2 atom stereocenters. The van der Waals surface area contributed by atoms with Gasteiger partial charge in [-0.1, -0.05) is 6.92 Å². The summed E-state index contributed by atoms with van der Waals surface area (Å²) in [6, 6.07) is 0.555. The molecule has 2 amide bonds. The highest BCUT2D eigenvalue weighted by Gasteiger charge is 2.34. The molecule has 5 nitrogen and oxygen atoms in total. The zero-order valence-corrected chi connectivity index (χ0v) is 11.8. The monoisotopic (exact) mass is 268 g/mol. The fourth-order valence-electron chi connectivity index (χ4n) is 2.93. The molecule has 1 aliphatic heterocycles. The first-order valence-electron chi connectivity index (χ1n) is 7.22. The van der Waals surface area contributed by atoms with Crippen molar-refractivity contribution in [1.82, 2.24) is 9.80 Å². The number of amides is 2. The Balaban J connectivity index is 1.88. The van der Waals surface area contributed by atoms with E-state index in [2.05, 4.69) is 0 Å². The Morgan fingerprint density at radius 2 is 2.05 bits per heavy atom. The van der Waals surface area contributed by atoms with Gasteiger partial charge in [-0.2, -0.15) is 0 Å². The maximum Gasteiger partial charge on any atom is 0.319 e. The van der Waals surface area contributed by atoms with Gasteiger partial charge in [-0.25, -0.2) is 4.79 Å². The molecule has 2 unspecified atom stereocenters. The van der Waals surface area contributed by atoms with E-state index in [1.165, 1.54) is 0 Å². The molecule has 0 spiro atoms. The Labute approximate surface area is 114 Å². The normalized spacial score (nSPS) is 24.9. The summed E-state index contributed by atoms with van der Waals surface area (Å²) >= 11 is 0. The highest BCUT2D eigenvalue weighted by Crippen LogP contribution is 2.29. The third kappa shape index (κ3) is 3.61. The molecular formula is C14H24N2O3. The van der Waals surface area contributed by atoms with Crippen LogP contribution in [0.25, 0.3) is 0 Å². The van der Waals surface area contributed by atoms with Gasteiger partial charge in [-0.15, -0.1) is 0 Å². The molecule has 2 rings (SSSR count). The smallest absolute Gasteiger partial charge is 0.319 e. The van der Waals surface area contributed by atoms with E-state index in [-0.39, 0.29) is 18.4 Å². The van der Waals surface area contributed by atoms with Crippen LogP contribution < -0.4 is 0 Å². The lowest BCUT2D eigenvalue weighted by Crippen LogP contribution is -2.48. The summed E-state index contributed by atoms with van der Waals surface area (Å²) in [5.74, 6) is -0.285. The summed E-state index contributed by atoms with van der Waals surface area (Å²) < 4.78 is 0. The minimum Gasteiger partial charge on any atom is -0.481 e. The summed E-state index contributed by atoms with van der Waals surface area (Å²) in [4.78, 5) is 26.8.